The van der Waals surface area contributed by atoms with Crippen LogP contribution in [0.2, 0.25) is 5.02 Å². The molecular formula is C12H11ClFNO3. The molecule has 6 heteroatoms. The number of aliphatic hydroxyl groups excluding tert-OH is 1. The summed E-state index contributed by atoms with van der Waals surface area (Å²) in [5.41, 5.74) is 0.146. The van der Waals surface area contributed by atoms with Gasteiger partial charge in [-0.2, -0.15) is 0 Å². The lowest BCUT2D eigenvalue weighted by molar-refractivity contribution is -0.162. The van der Waals surface area contributed by atoms with Crippen molar-refractivity contribution in [2.45, 2.75) is 6.10 Å². The van der Waals surface area contributed by atoms with E-state index in [0.29, 0.717) is 0 Å². The SMILES string of the molecule is O=C(/C=C/c1c(F)cccc1Cl)N1C[C@H](O)CO1. The molecule has 2 rings (SSSR count). The van der Waals surface area contributed by atoms with E-state index in [1.807, 2.05) is 0 Å². The summed E-state index contributed by atoms with van der Waals surface area (Å²) in [4.78, 5) is 16.6. The van der Waals surface area contributed by atoms with E-state index in [-0.39, 0.29) is 23.7 Å². The van der Waals surface area contributed by atoms with Gasteiger partial charge in [0.25, 0.3) is 5.91 Å². The molecule has 18 heavy (non-hydrogen) atoms. The van der Waals surface area contributed by atoms with E-state index < -0.39 is 17.8 Å². The first-order valence-electron chi connectivity index (χ1n) is 5.32. The summed E-state index contributed by atoms with van der Waals surface area (Å²) in [7, 11) is 0. The first-order valence-corrected chi connectivity index (χ1v) is 5.70. The number of carbonyl (C=O) groups is 1. The van der Waals surface area contributed by atoms with Crippen molar-refractivity contribution in [2.24, 2.45) is 0 Å². The van der Waals surface area contributed by atoms with E-state index in [1.165, 1.54) is 24.3 Å². The van der Waals surface area contributed by atoms with Gasteiger partial charge in [0.1, 0.15) is 18.5 Å². The number of hydrogen-bond acceptors (Lipinski definition) is 3. The van der Waals surface area contributed by atoms with Gasteiger partial charge in [-0.15, -0.1) is 0 Å². The van der Waals surface area contributed by atoms with Gasteiger partial charge in [0, 0.05) is 11.6 Å². The molecule has 1 saturated heterocycles. The highest BCUT2D eigenvalue weighted by molar-refractivity contribution is 6.32. The normalized spacial score (nSPS) is 19.7. The summed E-state index contributed by atoms with van der Waals surface area (Å²) in [5, 5.41) is 10.4. The van der Waals surface area contributed by atoms with Crippen molar-refractivity contribution >= 4 is 23.6 Å². The lowest BCUT2D eigenvalue weighted by Crippen LogP contribution is -2.26. The number of carbonyl (C=O) groups excluding carboxylic acids is 1. The van der Waals surface area contributed by atoms with Crippen molar-refractivity contribution in [3.8, 4) is 0 Å². The van der Waals surface area contributed by atoms with Crippen molar-refractivity contribution in [3.05, 3.63) is 40.7 Å². The van der Waals surface area contributed by atoms with E-state index in [9.17, 15) is 14.3 Å². The molecule has 0 spiro atoms. The number of rotatable bonds is 2. The standard InChI is InChI=1S/C12H11ClFNO3/c13-10-2-1-3-11(14)9(10)4-5-12(17)15-6-8(16)7-18-15/h1-5,8,16H,6-7H2/b5-4+/t8-/m0/s1. The van der Waals surface area contributed by atoms with Gasteiger partial charge < -0.3 is 5.11 Å². The topological polar surface area (TPSA) is 49.8 Å². The Kier molecular flexibility index (Phi) is 3.96. The van der Waals surface area contributed by atoms with Gasteiger partial charge >= 0.3 is 0 Å². The monoisotopic (exact) mass is 271 g/mol. The molecular weight excluding hydrogens is 261 g/mol. The number of nitrogens with zero attached hydrogens (tertiary/aromatic N) is 1. The first-order chi connectivity index (χ1) is 8.58. The van der Waals surface area contributed by atoms with Crippen LogP contribution >= 0.6 is 11.6 Å². The van der Waals surface area contributed by atoms with Gasteiger partial charge in [0.05, 0.1) is 11.6 Å². The molecule has 96 valence electrons. The predicted molar refractivity (Wildman–Crippen MR) is 64.1 cm³/mol. The highest BCUT2D eigenvalue weighted by Crippen LogP contribution is 2.20. The molecule has 1 amide bonds. The molecule has 1 N–H and O–H groups in total. The molecule has 1 atom stereocenters. The second-order valence-electron chi connectivity index (χ2n) is 3.82. The third-order valence-corrected chi connectivity index (χ3v) is 2.77. The van der Waals surface area contributed by atoms with Gasteiger partial charge in [-0.1, -0.05) is 17.7 Å². The number of β-amino-alcohol motifs (C(OH)–C–C–N with tert-alkyl or cyclic N) is 1. The first kappa shape index (κ1) is 13.0. The molecule has 0 unspecified atom stereocenters. The van der Waals surface area contributed by atoms with E-state index >= 15 is 0 Å². The molecule has 1 fully saturated rings. The van der Waals surface area contributed by atoms with Crippen LogP contribution in [0.4, 0.5) is 4.39 Å². The Morgan fingerprint density at radius 1 is 1.61 bits per heavy atom. The molecule has 1 aromatic rings. The van der Waals surface area contributed by atoms with Crippen molar-refractivity contribution in [1.82, 2.24) is 5.06 Å². The summed E-state index contributed by atoms with van der Waals surface area (Å²) < 4.78 is 13.4. The number of hydrogen-bond donors (Lipinski definition) is 1. The Morgan fingerprint density at radius 3 is 3.00 bits per heavy atom. The minimum absolute atomic E-state index is 0.0834. The lowest BCUT2D eigenvalue weighted by Gasteiger charge is -2.10. The van der Waals surface area contributed by atoms with E-state index in [2.05, 4.69) is 0 Å². The molecule has 0 bridgehead atoms. The lowest BCUT2D eigenvalue weighted by atomic mass is 10.2. The quantitative estimate of drug-likeness (QED) is 0.832. The molecule has 0 aliphatic carbocycles. The largest absolute Gasteiger partial charge is 0.389 e. The molecule has 0 radical (unpaired) electrons. The maximum Gasteiger partial charge on any atom is 0.270 e. The average Bonchev–Trinajstić information content (AvgIpc) is 2.75. The van der Waals surface area contributed by atoms with Gasteiger partial charge in [-0.25, -0.2) is 9.45 Å². The maximum atomic E-state index is 13.4. The number of hydroxylamine groups is 2. The van der Waals surface area contributed by atoms with Crippen LogP contribution in [0, 0.1) is 5.82 Å². The maximum absolute atomic E-state index is 13.4. The molecule has 4 nitrogen and oxygen atoms in total. The molecule has 0 aromatic heterocycles. The fraction of sp³-hybridized carbons (Fsp3) is 0.250. The number of aliphatic hydroxyl groups is 1. The Balaban J connectivity index is 2.09. The molecule has 1 aliphatic heterocycles. The third-order valence-electron chi connectivity index (χ3n) is 2.44. The summed E-state index contributed by atoms with van der Waals surface area (Å²) in [5.74, 6) is -0.972. The Bertz CT molecular complexity index is 472. The Hall–Kier alpha value is -1.43. The molecule has 1 aromatic carbocycles. The van der Waals surface area contributed by atoms with E-state index in [0.717, 1.165) is 11.1 Å². The smallest absolute Gasteiger partial charge is 0.270 e. The van der Waals surface area contributed by atoms with Crippen molar-refractivity contribution in [3.63, 3.8) is 0 Å². The van der Waals surface area contributed by atoms with Crippen molar-refractivity contribution in [2.75, 3.05) is 13.2 Å². The fourth-order valence-electron chi connectivity index (χ4n) is 1.53. The minimum Gasteiger partial charge on any atom is -0.389 e. The van der Waals surface area contributed by atoms with Crippen LogP contribution in [0.3, 0.4) is 0 Å². The van der Waals surface area contributed by atoms with Crippen LogP contribution in [0.15, 0.2) is 24.3 Å². The zero-order chi connectivity index (χ0) is 13.1. The summed E-state index contributed by atoms with van der Waals surface area (Å²) in [6, 6.07) is 4.27. The zero-order valence-electron chi connectivity index (χ0n) is 9.35. The van der Waals surface area contributed by atoms with Crippen LogP contribution < -0.4 is 0 Å². The van der Waals surface area contributed by atoms with Crippen LogP contribution in [-0.4, -0.2) is 35.3 Å². The van der Waals surface area contributed by atoms with Gasteiger partial charge in [0.15, 0.2) is 0 Å². The summed E-state index contributed by atoms with van der Waals surface area (Å²) in [6.07, 6.45) is 1.76. The fourth-order valence-corrected chi connectivity index (χ4v) is 1.76. The Morgan fingerprint density at radius 2 is 2.39 bits per heavy atom. The van der Waals surface area contributed by atoms with Gasteiger partial charge in [-0.05, 0) is 18.2 Å². The van der Waals surface area contributed by atoms with Crippen LogP contribution in [0.1, 0.15) is 5.56 Å². The third kappa shape index (κ3) is 2.87. The van der Waals surface area contributed by atoms with Gasteiger partial charge in [0.2, 0.25) is 0 Å². The van der Waals surface area contributed by atoms with E-state index in [1.54, 1.807) is 0 Å². The van der Waals surface area contributed by atoms with Crippen LogP contribution in [-0.2, 0) is 9.63 Å². The van der Waals surface area contributed by atoms with Gasteiger partial charge in [-0.3, -0.25) is 9.63 Å². The summed E-state index contributed by atoms with van der Waals surface area (Å²) >= 11 is 5.81. The van der Waals surface area contributed by atoms with E-state index in [4.69, 9.17) is 16.4 Å². The highest BCUT2D eigenvalue weighted by atomic mass is 35.5. The minimum atomic E-state index is -0.681. The Labute approximate surface area is 108 Å². The van der Waals surface area contributed by atoms with Crippen LogP contribution in [0.5, 0.6) is 0 Å². The van der Waals surface area contributed by atoms with Crippen LogP contribution in [0.25, 0.3) is 6.08 Å². The molecule has 1 heterocycles. The predicted octanol–water partition coefficient (Wildman–Crippen LogP) is 1.63. The summed E-state index contributed by atoms with van der Waals surface area (Å²) in [6.45, 7) is 0.189. The molecule has 0 saturated carbocycles. The second kappa shape index (κ2) is 5.48. The average molecular weight is 272 g/mol. The zero-order valence-corrected chi connectivity index (χ0v) is 10.1. The number of halogens is 2. The van der Waals surface area contributed by atoms with Crippen molar-refractivity contribution < 1.29 is 19.1 Å². The second-order valence-corrected chi connectivity index (χ2v) is 4.22. The number of amides is 1. The highest BCUT2D eigenvalue weighted by Gasteiger charge is 2.24. The number of benzene rings is 1. The van der Waals surface area contributed by atoms with Crippen molar-refractivity contribution in [1.29, 1.82) is 0 Å². The molecule has 1 aliphatic rings.